The van der Waals surface area contributed by atoms with Crippen molar-refractivity contribution in [1.29, 1.82) is 0 Å². The van der Waals surface area contributed by atoms with E-state index >= 15 is 0 Å². The minimum atomic E-state index is -0.429. The number of halogens is 3. The Labute approximate surface area is 127 Å². The fraction of sp³-hybridized carbons (Fsp3) is 0.533. The molecule has 0 saturated heterocycles. The van der Waals surface area contributed by atoms with E-state index in [4.69, 9.17) is 23.2 Å². The zero-order valence-electron chi connectivity index (χ0n) is 11.4. The highest BCUT2D eigenvalue weighted by Crippen LogP contribution is 2.37. The Morgan fingerprint density at radius 1 is 1.35 bits per heavy atom. The van der Waals surface area contributed by atoms with E-state index in [1.165, 1.54) is 25.3 Å². The van der Waals surface area contributed by atoms with Crippen molar-refractivity contribution in [2.45, 2.75) is 44.5 Å². The van der Waals surface area contributed by atoms with Crippen LogP contribution in [0.15, 0.2) is 12.1 Å². The highest BCUT2D eigenvalue weighted by Gasteiger charge is 2.27. The quantitative estimate of drug-likeness (QED) is 0.686. The maximum absolute atomic E-state index is 13.6. The first kappa shape index (κ1) is 14.2. The lowest BCUT2D eigenvalue weighted by Crippen LogP contribution is -2.22. The van der Waals surface area contributed by atoms with Gasteiger partial charge in [0.1, 0.15) is 11.6 Å². The molecule has 0 radical (unpaired) electrons. The number of nitrogens with zero attached hydrogens (tertiary/aromatic N) is 2. The minimum absolute atomic E-state index is 0.142. The topological polar surface area (TPSA) is 17.8 Å². The molecule has 2 unspecified atom stereocenters. The van der Waals surface area contributed by atoms with Gasteiger partial charge in [0, 0.05) is 12.1 Å². The van der Waals surface area contributed by atoms with Crippen molar-refractivity contribution in [1.82, 2.24) is 9.55 Å². The summed E-state index contributed by atoms with van der Waals surface area (Å²) in [7, 11) is 0. The summed E-state index contributed by atoms with van der Waals surface area (Å²) in [5.74, 6) is 1.28. The van der Waals surface area contributed by atoms with Crippen molar-refractivity contribution < 1.29 is 4.39 Å². The standard InChI is InChI=1S/C15H17Cl2FN2/c1-9-4-2-3-5-13(9)20-14-6-10(17)11(18)7-12(14)19-15(20)8-16/h6-7,9,13H,2-5,8H2,1H3. The van der Waals surface area contributed by atoms with Crippen LogP contribution in [0.5, 0.6) is 0 Å². The maximum Gasteiger partial charge on any atom is 0.144 e. The molecule has 1 aromatic carbocycles. The third-order valence-corrected chi connectivity index (χ3v) is 4.85. The first-order valence-corrected chi connectivity index (χ1v) is 7.95. The second kappa shape index (κ2) is 5.53. The van der Waals surface area contributed by atoms with Crippen molar-refractivity contribution in [3.8, 4) is 0 Å². The predicted molar refractivity (Wildman–Crippen MR) is 80.9 cm³/mol. The molecule has 108 valence electrons. The number of rotatable bonds is 2. The summed E-state index contributed by atoms with van der Waals surface area (Å²) < 4.78 is 15.8. The highest BCUT2D eigenvalue weighted by molar-refractivity contribution is 6.31. The van der Waals surface area contributed by atoms with E-state index in [2.05, 4.69) is 16.5 Å². The molecule has 0 amide bonds. The molecule has 2 atom stereocenters. The van der Waals surface area contributed by atoms with Gasteiger partial charge in [-0.3, -0.25) is 0 Å². The molecule has 5 heteroatoms. The van der Waals surface area contributed by atoms with Gasteiger partial charge in [-0.05, 0) is 24.8 Å². The van der Waals surface area contributed by atoms with E-state index in [1.807, 2.05) is 0 Å². The lowest BCUT2D eigenvalue weighted by Gasteiger charge is -2.31. The van der Waals surface area contributed by atoms with Crippen LogP contribution in [0.25, 0.3) is 11.0 Å². The van der Waals surface area contributed by atoms with Crippen LogP contribution in [-0.4, -0.2) is 9.55 Å². The Hall–Kier alpha value is -0.800. The van der Waals surface area contributed by atoms with Gasteiger partial charge in [-0.2, -0.15) is 0 Å². The Bertz CT molecular complexity index is 638. The number of fused-ring (bicyclic) bond motifs is 1. The first-order chi connectivity index (χ1) is 9.61. The van der Waals surface area contributed by atoms with Gasteiger partial charge in [0.25, 0.3) is 0 Å². The van der Waals surface area contributed by atoms with Gasteiger partial charge in [0.2, 0.25) is 0 Å². The van der Waals surface area contributed by atoms with Crippen LogP contribution < -0.4 is 0 Å². The van der Waals surface area contributed by atoms with Gasteiger partial charge in [0.15, 0.2) is 0 Å². The second-order valence-electron chi connectivity index (χ2n) is 5.62. The predicted octanol–water partition coefficient (Wildman–Crippen LogP) is 5.32. The van der Waals surface area contributed by atoms with Crippen LogP contribution in [0.2, 0.25) is 5.02 Å². The number of hydrogen-bond donors (Lipinski definition) is 0. The number of aromatic nitrogens is 2. The van der Waals surface area contributed by atoms with Crippen LogP contribution in [0, 0.1) is 11.7 Å². The van der Waals surface area contributed by atoms with Gasteiger partial charge in [0.05, 0.1) is 21.9 Å². The van der Waals surface area contributed by atoms with E-state index < -0.39 is 5.82 Å². The summed E-state index contributed by atoms with van der Waals surface area (Å²) in [5.41, 5.74) is 1.53. The molecule has 20 heavy (non-hydrogen) atoms. The number of imidazole rings is 1. The number of alkyl halides is 1. The van der Waals surface area contributed by atoms with Gasteiger partial charge in [-0.15, -0.1) is 11.6 Å². The molecule has 2 aromatic rings. The van der Waals surface area contributed by atoms with E-state index in [9.17, 15) is 4.39 Å². The Morgan fingerprint density at radius 2 is 2.10 bits per heavy atom. The lowest BCUT2D eigenvalue weighted by molar-refractivity contribution is 0.258. The van der Waals surface area contributed by atoms with Crippen LogP contribution in [-0.2, 0) is 5.88 Å². The summed E-state index contributed by atoms with van der Waals surface area (Å²) in [6.45, 7) is 2.26. The summed E-state index contributed by atoms with van der Waals surface area (Å²) in [6.07, 6.45) is 4.81. The van der Waals surface area contributed by atoms with Crippen LogP contribution >= 0.6 is 23.2 Å². The fourth-order valence-corrected chi connectivity index (χ4v) is 3.63. The Balaban J connectivity index is 2.19. The summed E-state index contributed by atoms with van der Waals surface area (Å²) in [5, 5.41) is 0.142. The van der Waals surface area contributed by atoms with E-state index in [1.54, 1.807) is 6.07 Å². The molecular formula is C15H17Cl2FN2. The van der Waals surface area contributed by atoms with Gasteiger partial charge < -0.3 is 4.57 Å². The number of benzene rings is 1. The third kappa shape index (κ3) is 2.31. The van der Waals surface area contributed by atoms with E-state index in [0.717, 1.165) is 17.8 Å². The second-order valence-corrected chi connectivity index (χ2v) is 6.29. The molecule has 0 aliphatic heterocycles. The molecule has 0 N–H and O–H groups in total. The van der Waals surface area contributed by atoms with Gasteiger partial charge in [-0.25, -0.2) is 9.37 Å². The molecule has 1 aliphatic rings. The zero-order chi connectivity index (χ0) is 14.3. The van der Waals surface area contributed by atoms with Crippen molar-refractivity contribution >= 4 is 34.2 Å². The molecule has 0 bridgehead atoms. The van der Waals surface area contributed by atoms with Crippen LogP contribution in [0.3, 0.4) is 0 Å². The lowest BCUT2D eigenvalue weighted by atomic mass is 9.85. The normalized spacial score (nSPS) is 23.4. The van der Waals surface area contributed by atoms with E-state index in [0.29, 0.717) is 23.4 Å². The zero-order valence-corrected chi connectivity index (χ0v) is 12.9. The van der Waals surface area contributed by atoms with Crippen molar-refractivity contribution in [2.24, 2.45) is 5.92 Å². The Morgan fingerprint density at radius 3 is 2.80 bits per heavy atom. The summed E-state index contributed by atoms with van der Waals surface area (Å²) >= 11 is 12.0. The molecule has 1 heterocycles. The first-order valence-electron chi connectivity index (χ1n) is 7.03. The molecular weight excluding hydrogens is 298 g/mol. The average Bonchev–Trinajstić information content (AvgIpc) is 2.77. The fourth-order valence-electron chi connectivity index (χ4n) is 3.28. The van der Waals surface area contributed by atoms with Gasteiger partial charge in [-0.1, -0.05) is 31.4 Å². The Kier molecular flexibility index (Phi) is 3.91. The van der Waals surface area contributed by atoms with Gasteiger partial charge >= 0.3 is 0 Å². The smallest absolute Gasteiger partial charge is 0.144 e. The summed E-state index contributed by atoms with van der Waals surface area (Å²) in [6, 6.07) is 3.46. The molecule has 1 saturated carbocycles. The van der Waals surface area contributed by atoms with Crippen molar-refractivity contribution in [2.75, 3.05) is 0 Å². The highest BCUT2D eigenvalue weighted by atomic mass is 35.5. The molecule has 1 aliphatic carbocycles. The molecule has 1 fully saturated rings. The van der Waals surface area contributed by atoms with Crippen LogP contribution in [0.1, 0.15) is 44.5 Å². The SMILES string of the molecule is CC1CCCCC1n1c(CCl)nc2cc(F)c(Cl)cc21. The third-order valence-electron chi connectivity index (χ3n) is 4.32. The molecule has 2 nitrogen and oxygen atoms in total. The van der Waals surface area contributed by atoms with Crippen molar-refractivity contribution in [3.05, 3.63) is 28.8 Å². The average molecular weight is 315 g/mol. The monoisotopic (exact) mass is 314 g/mol. The number of hydrogen-bond acceptors (Lipinski definition) is 1. The van der Waals surface area contributed by atoms with E-state index in [-0.39, 0.29) is 5.02 Å². The van der Waals surface area contributed by atoms with Crippen molar-refractivity contribution in [3.63, 3.8) is 0 Å². The molecule has 3 rings (SSSR count). The largest absolute Gasteiger partial charge is 0.324 e. The maximum atomic E-state index is 13.6. The molecule has 0 spiro atoms. The summed E-state index contributed by atoms with van der Waals surface area (Å²) in [4.78, 5) is 4.48. The van der Waals surface area contributed by atoms with Crippen LogP contribution in [0.4, 0.5) is 4.39 Å². The molecule has 1 aromatic heterocycles. The minimum Gasteiger partial charge on any atom is -0.324 e.